The first-order valence-corrected chi connectivity index (χ1v) is 5.30. The molecule has 0 bridgehead atoms. The van der Waals surface area contributed by atoms with Crippen molar-refractivity contribution in [1.82, 2.24) is 14.7 Å². The van der Waals surface area contributed by atoms with Crippen molar-refractivity contribution >= 4 is 5.65 Å². The van der Waals surface area contributed by atoms with E-state index in [2.05, 4.69) is 10.3 Å². The monoisotopic (exact) mass is 259 g/mol. The Bertz CT molecular complexity index is 550. The van der Waals surface area contributed by atoms with Gasteiger partial charge in [0.1, 0.15) is 11.8 Å². The summed E-state index contributed by atoms with van der Waals surface area (Å²) in [4.78, 5) is 3.95. The topological polar surface area (TPSA) is 49.6 Å². The van der Waals surface area contributed by atoms with Crippen molar-refractivity contribution in [3.8, 4) is 0 Å². The molecular weight excluding hydrogens is 247 g/mol. The standard InChI is InChI=1S/C11H12F3N3O/c1-15-5-9(18)8-4-16-10-3-2-7(6-17(8)10)11(12,13)14/h2-4,6,9,15,18H,5H2,1H3. The van der Waals surface area contributed by atoms with E-state index in [-0.39, 0.29) is 6.54 Å². The highest BCUT2D eigenvalue weighted by atomic mass is 19.4. The van der Waals surface area contributed by atoms with E-state index in [1.54, 1.807) is 7.05 Å². The van der Waals surface area contributed by atoms with Crippen molar-refractivity contribution in [3.05, 3.63) is 35.8 Å². The number of nitrogens with zero attached hydrogens (tertiary/aromatic N) is 2. The molecule has 0 radical (unpaired) electrons. The van der Waals surface area contributed by atoms with Gasteiger partial charge in [-0.2, -0.15) is 13.2 Å². The minimum atomic E-state index is -4.41. The molecule has 1 unspecified atom stereocenters. The molecule has 7 heteroatoms. The lowest BCUT2D eigenvalue weighted by atomic mass is 10.2. The zero-order valence-electron chi connectivity index (χ0n) is 9.57. The van der Waals surface area contributed by atoms with E-state index in [0.29, 0.717) is 11.3 Å². The van der Waals surface area contributed by atoms with Crippen LogP contribution in [0.2, 0.25) is 0 Å². The summed E-state index contributed by atoms with van der Waals surface area (Å²) in [7, 11) is 1.65. The van der Waals surface area contributed by atoms with E-state index < -0.39 is 17.8 Å². The third kappa shape index (κ3) is 2.32. The molecule has 2 aromatic rings. The van der Waals surface area contributed by atoms with Gasteiger partial charge in [-0.25, -0.2) is 4.98 Å². The van der Waals surface area contributed by atoms with Crippen LogP contribution < -0.4 is 5.32 Å². The molecule has 0 aliphatic rings. The largest absolute Gasteiger partial charge is 0.417 e. The SMILES string of the molecule is CNCC(O)c1cnc2ccc(C(F)(F)F)cn12. The van der Waals surface area contributed by atoms with Gasteiger partial charge >= 0.3 is 6.18 Å². The molecule has 0 saturated carbocycles. The second-order valence-electron chi connectivity index (χ2n) is 3.90. The van der Waals surface area contributed by atoms with Crippen molar-refractivity contribution in [2.75, 3.05) is 13.6 Å². The summed E-state index contributed by atoms with van der Waals surface area (Å²) in [6, 6.07) is 2.25. The molecule has 0 fully saturated rings. The highest BCUT2D eigenvalue weighted by Crippen LogP contribution is 2.29. The Morgan fingerprint density at radius 1 is 1.44 bits per heavy atom. The molecule has 0 aliphatic heterocycles. The molecule has 2 aromatic heterocycles. The number of hydrogen-bond acceptors (Lipinski definition) is 3. The average Bonchev–Trinajstić information content (AvgIpc) is 2.70. The number of aliphatic hydroxyl groups excluding tert-OH is 1. The number of rotatable bonds is 3. The van der Waals surface area contributed by atoms with Crippen molar-refractivity contribution in [2.24, 2.45) is 0 Å². The van der Waals surface area contributed by atoms with E-state index in [4.69, 9.17) is 0 Å². The molecule has 0 amide bonds. The van der Waals surface area contributed by atoms with Crippen LogP contribution in [-0.4, -0.2) is 28.1 Å². The van der Waals surface area contributed by atoms with Crippen LogP contribution >= 0.6 is 0 Å². The number of nitrogens with one attached hydrogen (secondary N) is 1. The van der Waals surface area contributed by atoms with Crippen LogP contribution in [0.25, 0.3) is 5.65 Å². The summed E-state index contributed by atoms with van der Waals surface area (Å²) in [5, 5.41) is 12.5. The maximum atomic E-state index is 12.6. The zero-order valence-corrected chi connectivity index (χ0v) is 9.57. The number of aromatic nitrogens is 2. The number of hydrogen-bond donors (Lipinski definition) is 2. The van der Waals surface area contributed by atoms with Gasteiger partial charge in [-0.15, -0.1) is 0 Å². The summed E-state index contributed by atoms with van der Waals surface area (Å²) in [6.45, 7) is 0.240. The fraction of sp³-hybridized carbons (Fsp3) is 0.364. The molecule has 2 rings (SSSR count). The molecule has 4 nitrogen and oxygen atoms in total. The first-order chi connectivity index (χ1) is 8.43. The van der Waals surface area contributed by atoms with Crippen LogP contribution in [0.5, 0.6) is 0 Å². The van der Waals surface area contributed by atoms with Gasteiger partial charge in [-0.05, 0) is 19.2 Å². The van der Waals surface area contributed by atoms with E-state index in [1.807, 2.05) is 0 Å². The number of halogens is 3. The molecule has 18 heavy (non-hydrogen) atoms. The lowest BCUT2D eigenvalue weighted by molar-refractivity contribution is -0.137. The number of alkyl halides is 3. The maximum Gasteiger partial charge on any atom is 0.417 e. The van der Waals surface area contributed by atoms with Crippen LogP contribution in [0.1, 0.15) is 17.4 Å². The summed E-state index contributed by atoms with van der Waals surface area (Å²) in [6.07, 6.45) is -3.01. The van der Waals surface area contributed by atoms with Gasteiger partial charge in [0, 0.05) is 12.7 Å². The molecule has 0 spiro atoms. The fourth-order valence-corrected chi connectivity index (χ4v) is 1.71. The lowest BCUT2D eigenvalue weighted by Crippen LogP contribution is -2.18. The summed E-state index contributed by atoms with van der Waals surface area (Å²) < 4.78 is 39.0. The van der Waals surface area contributed by atoms with Crippen molar-refractivity contribution in [1.29, 1.82) is 0 Å². The minimum Gasteiger partial charge on any atom is -0.385 e. The number of aliphatic hydroxyl groups is 1. The number of imidazole rings is 1. The quantitative estimate of drug-likeness (QED) is 0.880. The Balaban J connectivity index is 2.50. The Kier molecular flexibility index (Phi) is 3.27. The fourth-order valence-electron chi connectivity index (χ4n) is 1.71. The molecule has 2 heterocycles. The summed E-state index contributed by atoms with van der Waals surface area (Å²) in [5.74, 6) is 0. The van der Waals surface area contributed by atoms with Crippen LogP contribution in [0.15, 0.2) is 24.5 Å². The van der Waals surface area contributed by atoms with Crippen molar-refractivity contribution < 1.29 is 18.3 Å². The Labute approximate surface area is 101 Å². The van der Waals surface area contributed by atoms with Crippen molar-refractivity contribution in [3.63, 3.8) is 0 Å². The lowest BCUT2D eigenvalue weighted by Gasteiger charge is -2.11. The van der Waals surface area contributed by atoms with Crippen LogP contribution in [0.3, 0.4) is 0 Å². The molecule has 0 aliphatic carbocycles. The van der Waals surface area contributed by atoms with Gasteiger partial charge in [0.15, 0.2) is 0 Å². The zero-order chi connectivity index (χ0) is 13.3. The Morgan fingerprint density at radius 2 is 2.17 bits per heavy atom. The predicted octanol–water partition coefficient (Wildman–Crippen LogP) is 1.61. The van der Waals surface area contributed by atoms with E-state index in [0.717, 1.165) is 12.3 Å². The Morgan fingerprint density at radius 3 is 2.78 bits per heavy atom. The van der Waals surface area contributed by atoms with Gasteiger partial charge in [0.05, 0.1) is 17.5 Å². The molecule has 0 aromatic carbocycles. The van der Waals surface area contributed by atoms with E-state index in [9.17, 15) is 18.3 Å². The van der Waals surface area contributed by atoms with Crippen molar-refractivity contribution in [2.45, 2.75) is 12.3 Å². The van der Waals surface area contributed by atoms with Gasteiger partial charge in [-0.1, -0.05) is 0 Å². The molecular formula is C11H12F3N3O. The van der Waals surface area contributed by atoms with Gasteiger partial charge in [0.2, 0.25) is 0 Å². The molecule has 98 valence electrons. The highest BCUT2D eigenvalue weighted by Gasteiger charge is 2.31. The summed E-state index contributed by atoms with van der Waals surface area (Å²) >= 11 is 0. The normalized spacial score (nSPS) is 14.1. The molecule has 2 N–H and O–H groups in total. The third-order valence-electron chi connectivity index (χ3n) is 2.60. The van der Waals surface area contributed by atoms with Crippen LogP contribution in [0.4, 0.5) is 13.2 Å². The Hall–Kier alpha value is -1.60. The molecule has 0 saturated heterocycles. The van der Waals surface area contributed by atoms with Crippen LogP contribution in [0, 0.1) is 0 Å². The number of likely N-dealkylation sites (N-methyl/N-ethyl adjacent to an activating group) is 1. The first kappa shape index (κ1) is 12.8. The van der Waals surface area contributed by atoms with E-state index >= 15 is 0 Å². The van der Waals surface area contributed by atoms with Gasteiger partial charge < -0.3 is 14.8 Å². The minimum absolute atomic E-state index is 0.240. The van der Waals surface area contributed by atoms with Gasteiger partial charge in [-0.3, -0.25) is 0 Å². The second kappa shape index (κ2) is 4.58. The third-order valence-corrected chi connectivity index (χ3v) is 2.60. The first-order valence-electron chi connectivity index (χ1n) is 5.30. The van der Waals surface area contributed by atoms with Crippen LogP contribution in [-0.2, 0) is 6.18 Å². The smallest absolute Gasteiger partial charge is 0.385 e. The maximum absolute atomic E-state index is 12.6. The highest BCUT2D eigenvalue weighted by molar-refractivity contribution is 5.42. The number of pyridine rings is 1. The number of fused-ring (bicyclic) bond motifs is 1. The second-order valence-corrected chi connectivity index (χ2v) is 3.90. The molecule has 1 atom stereocenters. The average molecular weight is 259 g/mol. The predicted molar refractivity (Wildman–Crippen MR) is 59.1 cm³/mol. The van der Waals surface area contributed by atoms with E-state index in [1.165, 1.54) is 16.7 Å². The van der Waals surface area contributed by atoms with Gasteiger partial charge in [0.25, 0.3) is 0 Å². The summed E-state index contributed by atoms with van der Waals surface area (Å²) in [5.41, 5.74) is -0.0792.